The van der Waals surface area contributed by atoms with Crippen LogP contribution in [0.15, 0.2) is 24.3 Å². The van der Waals surface area contributed by atoms with Crippen molar-refractivity contribution in [3.63, 3.8) is 0 Å². The van der Waals surface area contributed by atoms with Gasteiger partial charge in [-0.2, -0.15) is 0 Å². The summed E-state index contributed by atoms with van der Waals surface area (Å²) in [5.41, 5.74) is 6.40. The van der Waals surface area contributed by atoms with Gasteiger partial charge in [0.25, 0.3) is 0 Å². The largest absolute Gasteiger partial charge is 0.489 e. The van der Waals surface area contributed by atoms with E-state index in [-0.39, 0.29) is 0 Å². The normalized spacial score (nSPS) is 11.0. The summed E-state index contributed by atoms with van der Waals surface area (Å²) in [6, 6.07) is 7.38. The lowest BCUT2D eigenvalue weighted by molar-refractivity contribution is -0.0118. The minimum absolute atomic E-state index is 0.453. The molecule has 7 nitrogen and oxygen atoms in total. The lowest BCUT2D eigenvalue weighted by Crippen LogP contribution is -2.14. The first-order valence-electron chi connectivity index (χ1n) is 8.76. The Labute approximate surface area is 160 Å². The molecule has 1 aromatic rings. The molecule has 0 saturated carbocycles. The molecule has 8 heteroatoms. The molecule has 0 unspecified atom stereocenters. The third-order valence-corrected chi connectivity index (χ3v) is 3.27. The van der Waals surface area contributed by atoms with Crippen LogP contribution in [-0.4, -0.2) is 78.6 Å². The van der Waals surface area contributed by atoms with Crippen LogP contribution in [-0.2, 0) is 23.7 Å². The zero-order valence-corrected chi connectivity index (χ0v) is 16.0. The molecule has 0 aliphatic carbocycles. The van der Waals surface area contributed by atoms with Crippen LogP contribution in [0.1, 0.15) is 0 Å². The molecular formula is C18H30ClNO6. The predicted octanol–water partition coefficient (Wildman–Crippen LogP) is 1.97. The Balaban J connectivity index is 1.74. The van der Waals surface area contributed by atoms with Crippen molar-refractivity contribution in [2.45, 2.75) is 0 Å². The average Bonchev–Trinajstić information content (AvgIpc) is 2.65. The van der Waals surface area contributed by atoms with Gasteiger partial charge in [0.05, 0.1) is 71.8 Å². The Bertz CT molecular complexity index is 438. The summed E-state index contributed by atoms with van der Waals surface area (Å²) in [7, 11) is 0. The van der Waals surface area contributed by atoms with Crippen molar-refractivity contribution in [3.8, 4) is 5.75 Å². The molecule has 0 aromatic heterocycles. The number of para-hydroxylation sites is 2. The first kappa shape index (κ1) is 23.0. The molecule has 0 aliphatic heterocycles. The van der Waals surface area contributed by atoms with Gasteiger partial charge in [-0.15, -0.1) is 11.6 Å². The average molecular weight is 392 g/mol. The summed E-state index contributed by atoms with van der Waals surface area (Å²) >= 11 is 5.48. The first-order chi connectivity index (χ1) is 12.8. The van der Waals surface area contributed by atoms with Crippen LogP contribution in [0, 0.1) is 0 Å². The fourth-order valence-corrected chi connectivity index (χ4v) is 1.97. The SMILES string of the molecule is Nc1ccccc1OCCOCCOCCOCCOCCOCCCl. The number of halogens is 1. The molecular weight excluding hydrogens is 362 g/mol. The Kier molecular flexibility index (Phi) is 15.3. The van der Waals surface area contributed by atoms with Gasteiger partial charge >= 0.3 is 0 Å². The first-order valence-corrected chi connectivity index (χ1v) is 9.30. The molecule has 26 heavy (non-hydrogen) atoms. The van der Waals surface area contributed by atoms with E-state index in [0.717, 1.165) is 0 Å². The number of hydrogen-bond donors (Lipinski definition) is 1. The smallest absolute Gasteiger partial charge is 0.142 e. The van der Waals surface area contributed by atoms with E-state index < -0.39 is 0 Å². The van der Waals surface area contributed by atoms with Crippen molar-refractivity contribution in [2.24, 2.45) is 0 Å². The molecule has 0 radical (unpaired) electrons. The number of benzene rings is 1. The molecule has 0 fully saturated rings. The van der Waals surface area contributed by atoms with Gasteiger partial charge in [-0.05, 0) is 12.1 Å². The van der Waals surface area contributed by atoms with Gasteiger partial charge in [-0.3, -0.25) is 0 Å². The summed E-state index contributed by atoms with van der Waals surface area (Å²) in [6.45, 7) is 5.76. The molecule has 1 rings (SSSR count). The topological polar surface area (TPSA) is 81.4 Å². The maximum Gasteiger partial charge on any atom is 0.142 e. The minimum Gasteiger partial charge on any atom is -0.489 e. The van der Waals surface area contributed by atoms with E-state index in [1.54, 1.807) is 6.07 Å². The van der Waals surface area contributed by atoms with Gasteiger partial charge in [0.1, 0.15) is 12.4 Å². The van der Waals surface area contributed by atoms with E-state index in [1.165, 1.54) is 0 Å². The van der Waals surface area contributed by atoms with Crippen molar-refractivity contribution in [2.75, 3.05) is 84.3 Å². The lowest BCUT2D eigenvalue weighted by atomic mass is 10.3. The van der Waals surface area contributed by atoms with E-state index in [1.807, 2.05) is 18.2 Å². The van der Waals surface area contributed by atoms with Crippen LogP contribution in [0.5, 0.6) is 5.75 Å². The molecule has 0 saturated heterocycles. The number of nitrogens with two attached hydrogens (primary N) is 1. The number of anilines is 1. The van der Waals surface area contributed by atoms with Crippen molar-refractivity contribution in [1.29, 1.82) is 0 Å². The number of alkyl halides is 1. The van der Waals surface area contributed by atoms with Gasteiger partial charge in [-0.1, -0.05) is 12.1 Å². The predicted molar refractivity (Wildman–Crippen MR) is 101 cm³/mol. The second-order valence-corrected chi connectivity index (χ2v) is 5.52. The van der Waals surface area contributed by atoms with Gasteiger partial charge in [0.2, 0.25) is 0 Å². The number of hydrogen-bond acceptors (Lipinski definition) is 7. The van der Waals surface area contributed by atoms with Gasteiger partial charge in [0.15, 0.2) is 0 Å². The van der Waals surface area contributed by atoms with Crippen LogP contribution in [0.2, 0.25) is 0 Å². The third kappa shape index (κ3) is 13.2. The second kappa shape index (κ2) is 17.3. The van der Waals surface area contributed by atoms with Crippen LogP contribution < -0.4 is 10.5 Å². The molecule has 150 valence electrons. The zero-order chi connectivity index (χ0) is 18.7. The highest BCUT2D eigenvalue weighted by Gasteiger charge is 1.98. The fraction of sp³-hybridized carbons (Fsp3) is 0.667. The number of nitrogen functional groups attached to an aromatic ring is 1. The summed E-state index contributed by atoms with van der Waals surface area (Å²) in [5.74, 6) is 1.18. The lowest BCUT2D eigenvalue weighted by Gasteiger charge is -2.09. The Morgan fingerprint density at radius 1 is 0.615 bits per heavy atom. The molecule has 0 atom stereocenters. The van der Waals surface area contributed by atoms with Crippen molar-refractivity contribution >= 4 is 17.3 Å². The Morgan fingerprint density at radius 2 is 1.04 bits per heavy atom. The van der Waals surface area contributed by atoms with Crippen molar-refractivity contribution in [3.05, 3.63) is 24.3 Å². The molecule has 1 aromatic carbocycles. The van der Waals surface area contributed by atoms with Gasteiger partial charge in [0, 0.05) is 5.88 Å². The summed E-state index contributed by atoms with van der Waals surface area (Å²) in [5, 5.41) is 0. The third-order valence-electron chi connectivity index (χ3n) is 3.11. The molecule has 2 N–H and O–H groups in total. The Morgan fingerprint density at radius 3 is 1.50 bits per heavy atom. The molecule has 0 aliphatic rings. The van der Waals surface area contributed by atoms with E-state index in [2.05, 4.69) is 0 Å². The van der Waals surface area contributed by atoms with Crippen LogP contribution in [0.4, 0.5) is 5.69 Å². The summed E-state index contributed by atoms with van der Waals surface area (Å²) in [6.07, 6.45) is 0. The van der Waals surface area contributed by atoms with E-state index in [0.29, 0.717) is 90.0 Å². The van der Waals surface area contributed by atoms with E-state index in [9.17, 15) is 0 Å². The van der Waals surface area contributed by atoms with Crippen molar-refractivity contribution < 1.29 is 28.4 Å². The Hall–Kier alpha value is -1.09. The summed E-state index contributed by atoms with van der Waals surface area (Å²) in [4.78, 5) is 0. The second-order valence-electron chi connectivity index (χ2n) is 5.14. The highest BCUT2D eigenvalue weighted by Crippen LogP contribution is 2.19. The molecule has 0 heterocycles. The fourth-order valence-electron chi connectivity index (χ4n) is 1.86. The number of rotatable bonds is 18. The molecule has 0 bridgehead atoms. The molecule has 0 amide bonds. The van der Waals surface area contributed by atoms with Crippen LogP contribution >= 0.6 is 11.6 Å². The zero-order valence-electron chi connectivity index (χ0n) is 15.2. The number of ether oxygens (including phenoxy) is 6. The quantitative estimate of drug-likeness (QED) is 0.233. The van der Waals surface area contributed by atoms with Gasteiger partial charge in [-0.25, -0.2) is 0 Å². The standard InChI is InChI=1S/C18H30ClNO6/c19-5-6-21-7-8-22-9-10-23-11-12-24-13-14-25-15-16-26-18-4-2-1-3-17(18)20/h1-4H,5-16,20H2. The van der Waals surface area contributed by atoms with Crippen LogP contribution in [0.25, 0.3) is 0 Å². The van der Waals surface area contributed by atoms with Crippen LogP contribution in [0.3, 0.4) is 0 Å². The summed E-state index contributed by atoms with van der Waals surface area (Å²) < 4.78 is 32.2. The minimum atomic E-state index is 0.453. The maximum absolute atomic E-state index is 5.78. The van der Waals surface area contributed by atoms with Crippen molar-refractivity contribution in [1.82, 2.24) is 0 Å². The molecule has 0 spiro atoms. The monoisotopic (exact) mass is 391 g/mol. The maximum atomic E-state index is 5.78. The van der Waals surface area contributed by atoms with Gasteiger partial charge < -0.3 is 34.2 Å². The van der Waals surface area contributed by atoms with E-state index >= 15 is 0 Å². The highest BCUT2D eigenvalue weighted by atomic mass is 35.5. The van der Waals surface area contributed by atoms with E-state index in [4.69, 9.17) is 45.8 Å². The highest BCUT2D eigenvalue weighted by molar-refractivity contribution is 6.17.